The molecule has 1 aromatic heterocycles. The molecule has 3 aromatic rings. The Kier molecular flexibility index (Phi) is 7.12. The predicted octanol–water partition coefficient (Wildman–Crippen LogP) is 6.11. The summed E-state index contributed by atoms with van der Waals surface area (Å²) in [6.07, 6.45) is 3.51. The number of fused-ring (bicyclic) bond motifs is 2. The maximum Gasteiger partial charge on any atom is 0.494 e. The molecule has 39 heavy (non-hydrogen) atoms. The maximum absolute atomic E-state index is 13.8. The van der Waals surface area contributed by atoms with E-state index in [4.69, 9.17) is 9.31 Å². The highest BCUT2D eigenvalue weighted by Crippen LogP contribution is 2.64. The summed E-state index contributed by atoms with van der Waals surface area (Å²) < 4.78 is 41.5. The zero-order chi connectivity index (χ0) is 28.3. The molecule has 0 spiro atoms. The third-order valence-corrected chi connectivity index (χ3v) is 9.19. The summed E-state index contributed by atoms with van der Waals surface area (Å²) in [7, 11) is -0.435. The molecule has 0 radical (unpaired) electrons. The van der Waals surface area contributed by atoms with Crippen LogP contribution in [0.25, 0.3) is 11.0 Å². The Bertz CT molecular complexity index is 1350. The molecule has 0 bridgehead atoms. The molecule has 1 aliphatic heterocycles. The van der Waals surface area contributed by atoms with E-state index in [-0.39, 0.29) is 17.9 Å². The first kappa shape index (κ1) is 27.8. The van der Waals surface area contributed by atoms with E-state index < -0.39 is 30.0 Å². The molecule has 2 aromatic carbocycles. The maximum atomic E-state index is 13.8. The second-order valence-corrected chi connectivity index (χ2v) is 11.9. The monoisotopic (exact) mass is 537 g/mol. The summed E-state index contributed by atoms with van der Waals surface area (Å²) in [5, 5.41) is 3.06. The van der Waals surface area contributed by atoms with Crippen molar-refractivity contribution in [1.29, 1.82) is 0 Å². The Morgan fingerprint density at radius 3 is 2.18 bits per heavy atom. The van der Waals surface area contributed by atoms with Crippen LogP contribution in [-0.4, -0.2) is 33.8 Å². The second-order valence-electron chi connectivity index (χ2n) is 11.9. The first-order chi connectivity index (χ1) is 18.4. The van der Waals surface area contributed by atoms with Crippen molar-refractivity contribution in [2.45, 2.75) is 78.6 Å². The number of imidazole rings is 1. The van der Waals surface area contributed by atoms with Gasteiger partial charge < -0.3 is 19.2 Å². The van der Waals surface area contributed by atoms with E-state index in [0.29, 0.717) is 28.8 Å². The molecule has 3 aliphatic rings. The molecule has 1 amide bonds. The van der Waals surface area contributed by atoms with Crippen molar-refractivity contribution in [3.05, 3.63) is 54.4 Å². The van der Waals surface area contributed by atoms with Gasteiger partial charge in [0.1, 0.15) is 0 Å². The van der Waals surface area contributed by atoms with Gasteiger partial charge in [0.25, 0.3) is 0 Å². The number of rotatable bonds is 5. The average Bonchev–Trinajstić information content (AvgIpc) is 3.15. The van der Waals surface area contributed by atoms with Gasteiger partial charge in [0.15, 0.2) is 11.6 Å². The third kappa shape index (κ3) is 4.88. The van der Waals surface area contributed by atoms with E-state index in [0.717, 1.165) is 30.1 Å². The summed E-state index contributed by atoms with van der Waals surface area (Å²) in [6.45, 7) is 14.1. The van der Waals surface area contributed by atoms with Crippen LogP contribution >= 0.6 is 0 Å². The van der Waals surface area contributed by atoms with E-state index in [1.165, 1.54) is 6.07 Å². The van der Waals surface area contributed by atoms with Gasteiger partial charge in [-0.25, -0.2) is 13.8 Å². The molecular formula is C30H38BF2N3O3. The smallest absolute Gasteiger partial charge is 0.399 e. The summed E-state index contributed by atoms with van der Waals surface area (Å²) in [4.78, 5) is 17.3. The largest absolute Gasteiger partial charge is 0.494 e. The minimum Gasteiger partial charge on any atom is -0.399 e. The summed E-state index contributed by atoms with van der Waals surface area (Å²) >= 11 is 0. The van der Waals surface area contributed by atoms with Crippen molar-refractivity contribution in [2.75, 3.05) is 5.32 Å². The third-order valence-electron chi connectivity index (χ3n) is 9.19. The Labute approximate surface area is 229 Å². The number of amides is 1. The molecule has 6 rings (SSSR count). The van der Waals surface area contributed by atoms with Gasteiger partial charge in [-0.05, 0) is 75.9 Å². The minimum atomic E-state index is -0.880. The van der Waals surface area contributed by atoms with Crippen LogP contribution in [-0.2, 0) is 14.1 Å². The Hall–Kier alpha value is -2.78. The number of halogens is 2. The molecule has 3 fully saturated rings. The fourth-order valence-electron chi connectivity index (χ4n) is 6.28. The second kappa shape index (κ2) is 10.0. The van der Waals surface area contributed by atoms with E-state index >= 15 is 0 Å². The van der Waals surface area contributed by atoms with Gasteiger partial charge in [0.2, 0.25) is 5.91 Å². The number of nitrogens with zero attached hydrogens (tertiary/aromatic N) is 2. The summed E-state index contributed by atoms with van der Waals surface area (Å²) in [5.74, 6) is -0.572. The van der Waals surface area contributed by atoms with Gasteiger partial charge in [-0.2, -0.15) is 0 Å². The number of hydrogen-bond donors (Lipinski definition) is 1. The molecule has 9 heteroatoms. The van der Waals surface area contributed by atoms with Gasteiger partial charge in [0, 0.05) is 29.8 Å². The van der Waals surface area contributed by atoms with Crippen LogP contribution in [0.5, 0.6) is 0 Å². The average molecular weight is 537 g/mol. The van der Waals surface area contributed by atoms with Crippen molar-refractivity contribution in [3.8, 4) is 0 Å². The molecule has 2 saturated carbocycles. The highest BCUT2D eigenvalue weighted by atomic mass is 19.2. The van der Waals surface area contributed by atoms with Crippen LogP contribution < -0.4 is 10.8 Å². The van der Waals surface area contributed by atoms with E-state index in [2.05, 4.69) is 10.3 Å². The van der Waals surface area contributed by atoms with Crippen molar-refractivity contribution < 1.29 is 22.9 Å². The van der Waals surface area contributed by atoms with E-state index in [9.17, 15) is 13.6 Å². The van der Waals surface area contributed by atoms with Gasteiger partial charge in [-0.15, -0.1) is 0 Å². The Morgan fingerprint density at radius 2 is 1.59 bits per heavy atom. The molecule has 1 N–H and O–H groups in total. The van der Waals surface area contributed by atoms with Gasteiger partial charge in [-0.3, -0.25) is 4.79 Å². The lowest BCUT2D eigenvalue weighted by atomic mass is 9.79. The first-order valence-corrected chi connectivity index (χ1v) is 14.0. The Morgan fingerprint density at radius 1 is 1.03 bits per heavy atom. The topological polar surface area (TPSA) is 65.4 Å². The number of carbonyl (C=O) groups excluding carboxylic acids is 1. The lowest BCUT2D eigenvalue weighted by Gasteiger charge is -2.32. The van der Waals surface area contributed by atoms with Crippen LogP contribution in [0, 0.1) is 35.3 Å². The van der Waals surface area contributed by atoms with E-state index in [1.54, 1.807) is 6.33 Å². The molecule has 2 aliphatic carbocycles. The van der Waals surface area contributed by atoms with Crippen LogP contribution in [0.2, 0.25) is 0 Å². The highest BCUT2D eigenvalue weighted by molar-refractivity contribution is 6.62. The van der Waals surface area contributed by atoms with Crippen LogP contribution in [0.3, 0.4) is 0 Å². The van der Waals surface area contributed by atoms with Crippen LogP contribution in [0.1, 0.15) is 67.3 Å². The fourth-order valence-corrected chi connectivity index (χ4v) is 6.28. The fraction of sp³-hybridized carbons (Fsp3) is 0.533. The standard InChI is InChI=1S/C28H32BF2N3O3.C2H6/c1-15(26(35)33-17-8-6-16(7-9-17)29-36-27(2,3)28(4,5)37-29)25-19-10-18(11-20(19)25)34-14-32-23-12-21(30)22(31)13-24(23)34;1-2/h6-9,12-15,18-20,25H,10-11H2,1-5H3,(H,33,35);1-2H3/t15-,18?,19-,20+,25?;/m0./s1. The first-order valence-electron chi connectivity index (χ1n) is 14.0. The number of nitrogens with one attached hydrogen (secondary N) is 1. The van der Waals surface area contributed by atoms with Crippen molar-refractivity contribution in [3.63, 3.8) is 0 Å². The van der Waals surface area contributed by atoms with Crippen LogP contribution in [0.15, 0.2) is 42.7 Å². The number of anilines is 1. The lowest BCUT2D eigenvalue weighted by molar-refractivity contribution is -0.120. The quantitative estimate of drug-likeness (QED) is 0.399. The molecule has 5 atom stereocenters. The van der Waals surface area contributed by atoms with E-state index in [1.807, 2.05) is 77.3 Å². The number of benzene rings is 2. The summed E-state index contributed by atoms with van der Waals surface area (Å²) in [6, 6.07) is 10.2. The van der Waals surface area contributed by atoms with Crippen molar-refractivity contribution in [1.82, 2.24) is 9.55 Å². The van der Waals surface area contributed by atoms with Gasteiger partial charge >= 0.3 is 7.12 Å². The lowest BCUT2D eigenvalue weighted by Crippen LogP contribution is -2.41. The minimum absolute atomic E-state index is 0.0185. The predicted molar refractivity (Wildman–Crippen MR) is 150 cm³/mol. The molecule has 6 nitrogen and oxygen atoms in total. The molecule has 2 heterocycles. The Balaban J connectivity index is 0.00000151. The zero-order valence-electron chi connectivity index (χ0n) is 23.8. The van der Waals surface area contributed by atoms with Crippen molar-refractivity contribution in [2.24, 2.45) is 23.7 Å². The molecule has 208 valence electrons. The normalized spacial score (nSPS) is 27.1. The molecular weight excluding hydrogens is 499 g/mol. The highest BCUT2D eigenvalue weighted by Gasteiger charge is 2.59. The number of hydrogen-bond acceptors (Lipinski definition) is 4. The molecule has 2 unspecified atom stereocenters. The number of aromatic nitrogens is 2. The molecule has 1 saturated heterocycles. The van der Waals surface area contributed by atoms with Gasteiger partial charge in [0.05, 0.1) is 28.6 Å². The van der Waals surface area contributed by atoms with Crippen molar-refractivity contribution >= 4 is 35.2 Å². The number of carbonyl (C=O) groups is 1. The van der Waals surface area contributed by atoms with Crippen LogP contribution in [0.4, 0.5) is 14.5 Å². The summed E-state index contributed by atoms with van der Waals surface area (Å²) in [5.41, 5.74) is 1.95. The SMILES string of the molecule is CC.C[C@H](C(=O)Nc1ccc(B2OC(C)(C)C(C)(C)O2)cc1)C1[C@H]2CC(n3cnc4cc(F)c(F)cc43)C[C@@H]12. The van der Waals surface area contributed by atoms with Gasteiger partial charge in [-0.1, -0.05) is 32.9 Å². The zero-order valence-corrected chi connectivity index (χ0v) is 23.8.